The highest BCUT2D eigenvalue weighted by molar-refractivity contribution is 5.97. The lowest BCUT2D eigenvalue weighted by atomic mass is 10.1. The number of ether oxygens (including phenoxy) is 2. The number of nitrogens with zero attached hydrogens (tertiary/aromatic N) is 3. The van der Waals surface area contributed by atoms with Gasteiger partial charge in [-0.3, -0.25) is 9.59 Å². The third kappa shape index (κ3) is 3.11. The van der Waals surface area contributed by atoms with E-state index in [-0.39, 0.29) is 35.1 Å². The van der Waals surface area contributed by atoms with Gasteiger partial charge in [0.1, 0.15) is 23.1 Å². The summed E-state index contributed by atoms with van der Waals surface area (Å²) in [5.74, 6) is 0.348. The molecule has 1 aromatic carbocycles. The van der Waals surface area contributed by atoms with Crippen LogP contribution in [0.4, 0.5) is 0 Å². The van der Waals surface area contributed by atoms with E-state index in [2.05, 4.69) is 17.1 Å². The Morgan fingerprint density at radius 3 is 2.69 bits per heavy atom. The minimum Gasteiger partial charge on any atom is -0.488 e. The summed E-state index contributed by atoms with van der Waals surface area (Å²) < 4.78 is 13.7. The van der Waals surface area contributed by atoms with Gasteiger partial charge in [-0.1, -0.05) is 24.3 Å². The number of hydrogen-bond donors (Lipinski definition) is 0. The molecule has 0 spiro atoms. The molecule has 164 valence electrons. The molecular weight excluding hydrogens is 406 g/mol. The molecule has 7 nitrogen and oxygen atoms in total. The predicted octanol–water partition coefficient (Wildman–Crippen LogP) is 2.58. The van der Waals surface area contributed by atoms with Crippen molar-refractivity contribution in [3.05, 3.63) is 69.6 Å². The van der Waals surface area contributed by atoms with E-state index in [0.717, 1.165) is 19.3 Å². The van der Waals surface area contributed by atoms with Crippen LogP contribution >= 0.6 is 0 Å². The number of carbonyl (C=O) groups excluding carboxylic acids is 1. The first-order chi connectivity index (χ1) is 15.6. The van der Waals surface area contributed by atoms with Gasteiger partial charge in [-0.05, 0) is 30.5 Å². The van der Waals surface area contributed by atoms with Crippen molar-refractivity contribution in [1.82, 2.24) is 14.5 Å². The Morgan fingerprint density at radius 1 is 1.25 bits per heavy atom. The van der Waals surface area contributed by atoms with E-state index in [9.17, 15) is 9.59 Å². The van der Waals surface area contributed by atoms with E-state index in [4.69, 9.17) is 9.47 Å². The number of aromatic nitrogens is 2. The minimum absolute atomic E-state index is 0.0185. The molecule has 7 heteroatoms. The first kappa shape index (κ1) is 19.5. The van der Waals surface area contributed by atoms with E-state index >= 15 is 0 Å². The van der Waals surface area contributed by atoms with Crippen LogP contribution in [0, 0.1) is 0 Å². The Kier molecular flexibility index (Phi) is 4.54. The largest absolute Gasteiger partial charge is 0.488 e. The van der Waals surface area contributed by atoms with Gasteiger partial charge in [0.05, 0.1) is 30.3 Å². The molecule has 1 amide bonds. The Balaban J connectivity index is 1.34. The number of morpholine rings is 1. The second-order valence-electron chi connectivity index (χ2n) is 8.92. The summed E-state index contributed by atoms with van der Waals surface area (Å²) in [5, 5.41) is 0.423. The van der Waals surface area contributed by atoms with Gasteiger partial charge in [-0.2, -0.15) is 0 Å². The number of fused-ring (bicyclic) bond motifs is 4. The van der Waals surface area contributed by atoms with E-state index in [0.29, 0.717) is 36.5 Å². The maximum atomic E-state index is 13.4. The van der Waals surface area contributed by atoms with Crippen molar-refractivity contribution in [3.8, 4) is 5.75 Å². The number of aryl methyl sites for hydroxylation is 1. The molecule has 0 N–H and O–H groups in total. The quantitative estimate of drug-likeness (QED) is 0.635. The number of pyridine rings is 2. The van der Waals surface area contributed by atoms with Crippen LogP contribution in [0.25, 0.3) is 11.0 Å². The summed E-state index contributed by atoms with van der Waals surface area (Å²) in [6, 6.07) is 10.2. The fraction of sp³-hybridized carbons (Fsp3) is 0.400. The van der Waals surface area contributed by atoms with Crippen LogP contribution in [-0.2, 0) is 24.1 Å². The first-order valence-electron chi connectivity index (χ1n) is 11.3. The molecule has 2 atom stereocenters. The molecule has 2 aliphatic heterocycles. The average Bonchev–Trinajstić information content (AvgIpc) is 3.54. The minimum atomic E-state index is -0.286. The standard InChI is InChI=1S/C25H25N3O4/c1-2-27-13-22(25(30)28-12-20-9-17(28)14-31-20)23(29)21-10-19(11-26-24(21)27)32-18-7-15-5-3-4-6-16(15)8-18/h3-6,10-11,13,17-18,20H,2,7-9,12,14H2,1H3/t17-,20-/m1/s1. The van der Waals surface area contributed by atoms with Crippen molar-refractivity contribution in [3.63, 3.8) is 0 Å². The summed E-state index contributed by atoms with van der Waals surface area (Å²) in [5.41, 5.74) is 3.08. The molecule has 6 rings (SSSR count). The zero-order chi connectivity index (χ0) is 21.8. The van der Waals surface area contributed by atoms with Crippen molar-refractivity contribution < 1.29 is 14.3 Å². The highest BCUT2D eigenvalue weighted by Crippen LogP contribution is 2.30. The van der Waals surface area contributed by atoms with Crippen molar-refractivity contribution in [2.75, 3.05) is 13.2 Å². The second-order valence-corrected chi connectivity index (χ2v) is 8.92. The van der Waals surface area contributed by atoms with Crippen LogP contribution in [0.15, 0.2) is 47.5 Å². The average molecular weight is 431 g/mol. The highest BCUT2D eigenvalue weighted by atomic mass is 16.5. The van der Waals surface area contributed by atoms with Crippen LogP contribution in [0.5, 0.6) is 5.75 Å². The van der Waals surface area contributed by atoms with Gasteiger partial charge in [0.15, 0.2) is 0 Å². The summed E-state index contributed by atoms with van der Waals surface area (Å²) in [7, 11) is 0. The molecule has 4 heterocycles. The Hall–Kier alpha value is -3.19. The molecule has 3 aromatic rings. The molecule has 2 aromatic heterocycles. The van der Waals surface area contributed by atoms with E-state index in [1.807, 2.05) is 23.6 Å². The summed E-state index contributed by atoms with van der Waals surface area (Å²) in [4.78, 5) is 33.0. The third-order valence-electron chi connectivity index (χ3n) is 6.94. The number of carbonyl (C=O) groups is 1. The number of rotatable bonds is 4. The van der Waals surface area contributed by atoms with Crippen LogP contribution in [0.1, 0.15) is 34.8 Å². The zero-order valence-corrected chi connectivity index (χ0v) is 18.0. The molecule has 2 fully saturated rings. The van der Waals surface area contributed by atoms with Gasteiger partial charge in [-0.25, -0.2) is 4.98 Å². The van der Waals surface area contributed by atoms with Crippen molar-refractivity contribution in [2.45, 2.75) is 51.0 Å². The lowest BCUT2D eigenvalue weighted by Crippen LogP contribution is -2.43. The van der Waals surface area contributed by atoms with Gasteiger partial charge in [0.2, 0.25) is 5.43 Å². The monoisotopic (exact) mass is 431 g/mol. The van der Waals surface area contributed by atoms with Crippen molar-refractivity contribution in [2.24, 2.45) is 0 Å². The number of benzene rings is 1. The zero-order valence-electron chi connectivity index (χ0n) is 18.0. The van der Waals surface area contributed by atoms with E-state index < -0.39 is 0 Å². The maximum Gasteiger partial charge on any atom is 0.259 e. The van der Waals surface area contributed by atoms with Crippen LogP contribution in [0.3, 0.4) is 0 Å². The van der Waals surface area contributed by atoms with E-state index in [1.165, 1.54) is 11.1 Å². The fourth-order valence-electron chi connectivity index (χ4n) is 5.31. The molecular formula is C25H25N3O4. The molecule has 2 saturated heterocycles. The van der Waals surface area contributed by atoms with Crippen LogP contribution < -0.4 is 10.2 Å². The van der Waals surface area contributed by atoms with Crippen molar-refractivity contribution in [1.29, 1.82) is 0 Å². The Morgan fingerprint density at radius 2 is 2.03 bits per heavy atom. The predicted molar refractivity (Wildman–Crippen MR) is 119 cm³/mol. The summed E-state index contributed by atoms with van der Waals surface area (Å²) in [6.45, 7) is 3.69. The van der Waals surface area contributed by atoms with Crippen molar-refractivity contribution >= 4 is 16.9 Å². The molecule has 0 radical (unpaired) electrons. The summed E-state index contributed by atoms with van der Waals surface area (Å²) in [6.07, 6.45) is 5.97. The smallest absolute Gasteiger partial charge is 0.259 e. The Labute approximate surface area is 185 Å². The van der Waals surface area contributed by atoms with Crippen LogP contribution in [0.2, 0.25) is 0 Å². The lowest BCUT2D eigenvalue weighted by Gasteiger charge is -2.27. The van der Waals surface area contributed by atoms with Gasteiger partial charge >= 0.3 is 0 Å². The SMILES string of the molecule is CCn1cc(C(=O)N2C[C@H]3C[C@@H]2CO3)c(=O)c2cc(OC3Cc4ccccc4C3)cnc21. The summed E-state index contributed by atoms with van der Waals surface area (Å²) >= 11 is 0. The van der Waals surface area contributed by atoms with Gasteiger partial charge in [0, 0.05) is 32.1 Å². The first-order valence-corrected chi connectivity index (χ1v) is 11.3. The molecule has 1 aliphatic carbocycles. The number of likely N-dealkylation sites (tertiary alicyclic amines) is 1. The maximum absolute atomic E-state index is 13.4. The molecule has 0 saturated carbocycles. The molecule has 3 aliphatic rings. The topological polar surface area (TPSA) is 73.7 Å². The molecule has 0 unspecified atom stereocenters. The Bertz CT molecular complexity index is 1260. The fourth-order valence-corrected chi connectivity index (χ4v) is 5.31. The van der Waals surface area contributed by atoms with Crippen LogP contribution in [-0.4, -0.2) is 51.8 Å². The van der Waals surface area contributed by atoms with Gasteiger partial charge in [0.25, 0.3) is 5.91 Å². The normalized spacial score (nSPS) is 22.0. The number of hydrogen-bond acceptors (Lipinski definition) is 5. The van der Waals surface area contributed by atoms with Gasteiger partial charge < -0.3 is 18.9 Å². The molecule has 2 bridgehead atoms. The lowest BCUT2D eigenvalue weighted by molar-refractivity contribution is 0.0258. The van der Waals surface area contributed by atoms with E-state index in [1.54, 1.807) is 23.4 Å². The molecule has 32 heavy (non-hydrogen) atoms. The second kappa shape index (κ2) is 7.45. The third-order valence-corrected chi connectivity index (χ3v) is 6.94. The van der Waals surface area contributed by atoms with Gasteiger partial charge in [-0.15, -0.1) is 0 Å². The number of amides is 1. The highest BCUT2D eigenvalue weighted by Gasteiger charge is 2.42.